The maximum atomic E-state index is 5.99. The van der Waals surface area contributed by atoms with Crippen LogP contribution in [-0.4, -0.2) is 12.8 Å². The van der Waals surface area contributed by atoms with Crippen LogP contribution in [0.2, 0.25) is 0 Å². The van der Waals surface area contributed by atoms with Crippen LogP contribution in [0, 0.1) is 0 Å². The van der Waals surface area contributed by atoms with E-state index in [1.54, 1.807) is 0 Å². The lowest BCUT2D eigenvalue weighted by atomic mass is 10.0. The highest BCUT2D eigenvalue weighted by Crippen LogP contribution is 2.34. The molecule has 0 atom stereocenters. The van der Waals surface area contributed by atoms with Crippen LogP contribution in [0.15, 0.2) is 106 Å². The molecule has 43 heavy (non-hydrogen) atoms. The number of benzene rings is 4. The minimum Gasteiger partial charge on any atom is -0.494 e. The number of nitrogens with zero attached hydrogens (tertiary/aromatic N) is 3. The molecule has 0 spiro atoms. The van der Waals surface area contributed by atoms with Crippen LogP contribution in [0.4, 0.5) is 17.1 Å². The van der Waals surface area contributed by atoms with E-state index >= 15 is 0 Å². The average molecular weight is 576 g/mol. The summed E-state index contributed by atoms with van der Waals surface area (Å²) in [6.45, 7) is 3.07. The van der Waals surface area contributed by atoms with Crippen LogP contribution >= 0.6 is 0 Å². The SMILES string of the molecule is CCCCCCCCCCCCCCCCOc1ccc(C=Nc2ccc(N=Nc3ccccc3)c3ccccc23)cc1. The smallest absolute Gasteiger partial charge is 0.119 e. The third kappa shape index (κ3) is 11.8. The summed E-state index contributed by atoms with van der Waals surface area (Å²) in [5.74, 6) is 0.922. The van der Waals surface area contributed by atoms with Crippen molar-refractivity contribution in [3.63, 3.8) is 0 Å². The van der Waals surface area contributed by atoms with Gasteiger partial charge in [-0.25, -0.2) is 0 Å². The second kappa shape index (κ2) is 19.4. The minimum absolute atomic E-state index is 0.783. The van der Waals surface area contributed by atoms with E-state index in [1.807, 2.05) is 72.9 Å². The maximum absolute atomic E-state index is 5.99. The number of aliphatic imine (C=N–C) groups is 1. The second-order valence-electron chi connectivity index (χ2n) is 11.5. The van der Waals surface area contributed by atoms with Crippen LogP contribution < -0.4 is 4.74 Å². The molecule has 0 unspecified atom stereocenters. The molecule has 0 radical (unpaired) electrons. The fourth-order valence-electron chi connectivity index (χ4n) is 5.35. The number of rotatable bonds is 20. The summed E-state index contributed by atoms with van der Waals surface area (Å²) >= 11 is 0. The zero-order valence-electron chi connectivity index (χ0n) is 26.1. The largest absolute Gasteiger partial charge is 0.494 e. The van der Waals surface area contributed by atoms with Crippen LogP contribution in [-0.2, 0) is 0 Å². The minimum atomic E-state index is 0.783. The van der Waals surface area contributed by atoms with Gasteiger partial charge in [-0.2, -0.15) is 5.11 Å². The van der Waals surface area contributed by atoms with E-state index in [9.17, 15) is 0 Å². The van der Waals surface area contributed by atoms with Gasteiger partial charge in [0.1, 0.15) is 5.75 Å². The van der Waals surface area contributed by atoms with Gasteiger partial charge in [0.25, 0.3) is 0 Å². The molecule has 0 aliphatic carbocycles. The molecular formula is C39H49N3O. The summed E-state index contributed by atoms with van der Waals surface area (Å²) in [4.78, 5) is 4.80. The number of fused-ring (bicyclic) bond motifs is 1. The molecule has 0 aliphatic heterocycles. The highest BCUT2D eigenvalue weighted by atomic mass is 16.5. The summed E-state index contributed by atoms with van der Waals surface area (Å²) < 4.78 is 5.99. The fourth-order valence-corrected chi connectivity index (χ4v) is 5.35. The molecule has 0 N–H and O–H groups in total. The van der Waals surface area contributed by atoms with Crippen molar-refractivity contribution in [1.82, 2.24) is 0 Å². The Morgan fingerprint density at radius 2 is 1.05 bits per heavy atom. The third-order valence-electron chi connectivity index (χ3n) is 7.91. The van der Waals surface area contributed by atoms with Gasteiger partial charge in [0.2, 0.25) is 0 Å². The molecule has 4 nitrogen and oxygen atoms in total. The Labute approximate surface area is 259 Å². The van der Waals surface area contributed by atoms with E-state index in [4.69, 9.17) is 9.73 Å². The number of ether oxygens (including phenoxy) is 1. The lowest BCUT2D eigenvalue weighted by Gasteiger charge is -2.07. The van der Waals surface area contributed by atoms with Gasteiger partial charge in [-0.15, -0.1) is 5.11 Å². The van der Waals surface area contributed by atoms with Gasteiger partial charge in [0.15, 0.2) is 0 Å². The highest BCUT2D eigenvalue weighted by Gasteiger charge is 2.05. The Morgan fingerprint density at radius 1 is 0.512 bits per heavy atom. The molecule has 226 valence electrons. The van der Waals surface area contributed by atoms with Gasteiger partial charge in [-0.3, -0.25) is 4.99 Å². The van der Waals surface area contributed by atoms with Crippen molar-refractivity contribution in [1.29, 1.82) is 0 Å². The first-order valence-corrected chi connectivity index (χ1v) is 16.6. The van der Waals surface area contributed by atoms with Crippen molar-refractivity contribution in [2.45, 2.75) is 96.8 Å². The Morgan fingerprint density at radius 3 is 1.67 bits per heavy atom. The van der Waals surface area contributed by atoms with Gasteiger partial charge < -0.3 is 4.74 Å². The molecule has 0 heterocycles. The molecule has 4 aromatic carbocycles. The summed E-state index contributed by atoms with van der Waals surface area (Å²) in [6.07, 6.45) is 21.1. The molecule has 0 bridgehead atoms. The molecule has 0 fully saturated rings. The molecular weight excluding hydrogens is 526 g/mol. The molecule has 0 aromatic heterocycles. The number of unbranched alkanes of at least 4 members (excludes halogenated alkanes) is 13. The zero-order valence-corrected chi connectivity index (χ0v) is 26.1. The molecule has 0 amide bonds. The quantitative estimate of drug-likeness (QED) is 0.0587. The van der Waals surface area contributed by atoms with Gasteiger partial charge in [-0.05, 0) is 60.5 Å². The van der Waals surface area contributed by atoms with E-state index in [0.29, 0.717) is 0 Å². The first-order chi connectivity index (χ1) is 21.3. The normalized spacial score (nSPS) is 11.7. The van der Waals surface area contributed by atoms with Crippen LogP contribution in [0.3, 0.4) is 0 Å². The van der Waals surface area contributed by atoms with Crippen LogP contribution in [0.5, 0.6) is 5.75 Å². The van der Waals surface area contributed by atoms with E-state index < -0.39 is 0 Å². The Bertz CT molecular complexity index is 1380. The zero-order chi connectivity index (χ0) is 29.8. The predicted octanol–water partition coefficient (Wildman–Crippen LogP) is 12.9. The van der Waals surface area contributed by atoms with Crippen LogP contribution in [0.1, 0.15) is 102 Å². The summed E-state index contributed by atoms with van der Waals surface area (Å²) in [6, 6.07) is 30.2. The second-order valence-corrected chi connectivity index (χ2v) is 11.5. The maximum Gasteiger partial charge on any atom is 0.119 e. The Balaban J connectivity index is 1.14. The van der Waals surface area contributed by atoms with Crippen LogP contribution in [0.25, 0.3) is 10.8 Å². The van der Waals surface area contributed by atoms with Crippen molar-refractivity contribution >= 4 is 34.0 Å². The first-order valence-electron chi connectivity index (χ1n) is 16.6. The van der Waals surface area contributed by atoms with Gasteiger partial charge in [-0.1, -0.05) is 133 Å². The standard InChI is InChI=1S/C39H49N3O/c1-2-3-4-5-6-7-8-9-10-11-12-13-14-20-31-43-35-27-25-33(26-28-35)32-40-38-29-30-39(37-24-19-18-23-36(37)38)42-41-34-21-16-15-17-22-34/h15-19,21-30,32H,2-14,20,31H2,1H3. The topological polar surface area (TPSA) is 46.3 Å². The molecule has 4 rings (SSSR count). The van der Waals surface area contributed by atoms with Crippen molar-refractivity contribution in [3.8, 4) is 5.75 Å². The number of hydrogen-bond acceptors (Lipinski definition) is 4. The van der Waals surface area contributed by atoms with Gasteiger partial charge in [0, 0.05) is 17.0 Å². The van der Waals surface area contributed by atoms with Crippen molar-refractivity contribution < 1.29 is 4.74 Å². The summed E-state index contributed by atoms with van der Waals surface area (Å²) in [5.41, 5.74) is 3.62. The third-order valence-corrected chi connectivity index (χ3v) is 7.91. The summed E-state index contributed by atoms with van der Waals surface area (Å²) in [5, 5.41) is 11.0. The van der Waals surface area contributed by atoms with E-state index in [0.717, 1.165) is 52.2 Å². The Hall–Kier alpha value is -3.79. The monoisotopic (exact) mass is 575 g/mol. The number of hydrogen-bond donors (Lipinski definition) is 0. The van der Waals surface area contributed by atoms with E-state index in [1.165, 1.54) is 83.5 Å². The Kier molecular flexibility index (Phi) is 14.5. The molecule has 0 aliphatic rings. The predicted molar refractivity (Wildman–Crippen MR) is 184 cm³/mol. The van der Waals surface area contributed by atoms with E-state index in [2.05, 4.69) is 41.4 Å². The van der Waals surface area contributed by atoms with Gasteiger partial charge >= 0.3 is 0 Å². The lowest BCUT2D eigenvalue weighted by molar-refractivity contribution is 0.304. The molecule has 4 aromatic rings. The molecule has 0 saturated heterocycles. The summed E-state index contributed by atoms with van der Waals surface area (Å²) in [7, 11) is 0. The average Bonchev–Trinajstić information content (AvgIpc) is 3.06. The first kappa shape index (κ1) is 32.1. The highest BCUT2D eigenvalue weighted by molar-refractivity contribution is 6.01. The van der Waals surface area contributed by atoms with Crippen molar-refractivity contribution in [3.05, 3.63) is 96.6 Å². The molecule has 4 heteroatoms. The molecule has 0 saturated carbocycles. The van der Waals surface area contributed by atoms with Crippen molar-refractivity contribution in [2.24, 2.45) is 15.2 Å². The van der Waals surface area contributed by atoms with Crippen molar-refractivity contribution in [2.75, 3.05) is 6.61 Å². The fraction of sp³-hybridized carbons (Fsp3) is 0.410. The van der Waals surface area contributed by atoms with E-state index in [-0.39, 0.29) is 0 Å². The lowest BCUT2D eigenvalue weighted by Crippen LogP contribution is -1.97. The number of azo groups is 1. The van der Waals surface area contributed by atoms with Gasteiger partial charge in [0.05, 0.1) is 23.7 Å².